The molecule has 1 aromatic rings. The van der Waals surface area contributed by atoms with Crippen molar-refractivity contribution in [3.63, 3.8) is 0 Å². The maximum atomic E-state index is 5.95. The fourth-order valence-electron chi connectivity index (χ4n) is 2.31. The van der Waals surface area contributed by atoms with Crippen LogP contribution in [0.3, 0.4) is 0 Å². The number of hydrazine groups is 1. The molecule has 0 aliphatic rings. The molecule has 0 spiro atoms. The lowest BCUT2D eigenvalue weighted by atomic mass is 9.83. The largest absolute Gasteiger partial charge is 0.271 e. The zero-order valence-electron chi connectivity index (χ0n) is 11.1. The molecule has 0 saturated heterocycles. The molecule has 1 aromatic heterocycles. The quantitative estimate of drug-likeness (QED) is 0.618. The van der Waals surface area contributed by atoms with Crippen LogP contribution in [0.1, 0.15) is 51.5 Å². The van der Waals surface area contributed by atoms with Crippen LogP contribution in [0.5, 0.6) is 0 Å². The molecule has 0 aromatic carbocycles. The summed E-state index contributed by atoms with van der Waals surface area (Å²) in [6.45, 7) is 9.11. The van der Waals surface area contributed by atoms with Crippen molar-refractivity contribution >= 4 is 22.9 Å². The van der Waals surface area contributed by atoms with Gasteiger partial charge in [-0.1, -0.05) is 39.3 Å². The number of rotatable bonds is 5. The van der Waals surface area contributed by atoms with Crippen molar-refractivity contribution in [2.75, 3.05) is 0 Å². The second-order valence-corrected chi connectivity index (χ2v) is 7.71. The Balaban J connectivity index is 2.58. The molecule has 2 unspecified atom stereocenters. The first kappa shape index (κ1) is 15.0. The highest BCUT2D eigenvalue weighted by Crippen LogP contribution is 2.33. The molecule has 0 aliphatic heterocycles. The second kappa shape index (κ2) is 6.19. The minimum atomic E-state index is 0.213. The zero-order valence-corrected chi connectivity index (χ0v) is 12.7. The normalized spacial score (nSPS) is 15.9. The molecule has 0 radical (unpaired) electrons. The van der Waals surface area contributed by atoms with E-state index in [2.05, 4.69) is 39.2 Å². The van der Waals surface area contributed by atoms with Crippen LogP contribution in [0, 0.1) is 11.3 Å². The Hall–Kier alpha value is -0.0900. The van der Waals surface area contributed by atoms with E-state index in [1.807, 2.05) is 6.07 Å². The van der Waals surface area contributed by atoms with Gasteiger partial charge in [0, 0.05) is 4.88 Å². The van der Waals surface area contributed by atoms with Crippen molar-refractivity contribution in [1.82, 2.24) is 5.43 Å². The van der Waals surface area contributed by atoms with E-state index in [0.29, 0.717) is 11.3 Å². The zero-order chi connectivity index (χ0) is 13.1. The Morgan fingerprint density at radius 1 is 1.41 bits per heavy atom. The molecule has 0 fully saturated rings. The summed E-state index contributed by atoms with van der Waals surface area (Å²) < 4.78 is 0.823. The van der Waals surface area contributed by atoms with Gasteiger partial charge in [0.2, 0.25) is 0 Å². The summed E-state index contributed by atoms with van der Waals surface area (Å²) in [6, 6.07) is 4.20. The third kappa shape index (κ3) is 5.38. The van der Waals surface area contributed by atoms with Crippen LogP contribution in [0.25, 0.3) is 0 Å². The molecule has 0 amide bonds. The summed E-state index contributed by atoms with van der Waals surface area (Å²) in [5.74, 6) is 6.28. The predicted molar refractivity (Wildman–Crippen MR) is 77.2 cm³/mol. The van der Waals surface area contributed by atoms with Crippen LogP contribution in [0.2, 0.25) is 4.34 Å². The molecule has 17 heavy (non-hydrogen) atoms. The molecule has 1 heterocycles. The van der Waals surface area contributed by atoms with Crippen LogP contribution >= 0.6 is 22.9 Å². The third-order valence-corrected chi connectivity index (χ3v) is 4.08. The number of nitrogens with two attached hydrogens (primary N) is 1. The summed E-state index contributed by atoms with van der Waals surface area (Å²) in [4.78, 5) is 1.22. The molecule has 98 valence electrons. The summed E-state index contributed by atoms with van der Waals surface area (Å²) in [6.07, 6.45) is 2.24. The highest BCUT2D eigenvalue weighted by Gasteiger charge is 2.20. The minimum absolute atomic E-state index is 0.213. The molecule has 0 aliphatic carbocycles. The predicted octanol–water partition coefficient (Wildman–Crippen LogP) is 4.37. The number of hydrogen-bond donors (Lipinski definition) is 2. The molecule has 4 heteroatoms. The Morgan fingerprint density at radius 2 is 2.06 bits per heavy atom. The molecule has 3 N–H and O–H groups in total. The van der Waals surface area contributed by atoms with E-state index in [1.54, 1.807) is 11.3 Å². The van der Waals surface area contributed by atoms with Gasteiger partial charge in [0.1, 0.15) is 0 Å². The van der Waals surface area contributed by atoms with Gasteiger partial charge in [-0.25, -0.2) is 0 Å². The third-order valence-electron chi connectivity index (χ3n) is 2.74. The second-order valence-electron chi connectivity index (χ2n) is 5.97. The average Bonchev–Trinajstić information content (AvgIpc) is 2.58. The van der Waals surface area contributed by atoms with Crippen molar-refractivity contribution in [2.24, 2.45) is 17.2 Å². The van der Waals surface area contributed by atoms with Gasteiger partial charge in [0.05, 0.1) is 10.4 Å². The van der Waals surface area contributed by atoms with Crippen LogP contribution in [-0.2, 0) is 0 Å². The molecule has 0 bridgehead atoms. The van der Waals surface area contributed by atoms with E-state index < -0.39 is 0 Å². The fraction of sp³-hybridized carbons (Fsp3) is 0.692. The first-order valence-electron chi connectivity index (χ1n) is 6.03. The van der Waals surface area contributed by atoms with Gasteiger partial charge in [-0.3, -0.25) is 11.3 Å². The molecule has 2 nitrogen and oxygen atoms in total. The summed E-state index contributed by atoms with van der Waals surface area (Å²) in [5, 5.41) is 0. The van der Waals surface area contributed by atoms with Gasteiger partial charge < -0.3 is 0 Å². The fourth-order valence-corrected chi connectivity index (χ4v) is 3.45. The highest BCUT2D eigenvalue weighted by atomic mass is 35.5. The summed E-state index contributed by atoms with van der Waals surface area (Å²) >= 11 is 7.56. The van der Waals surface area contributed by atoms with Crippen LogP contribution < -0.4 is 11.3 Å². The molecular weight excluding hydrogens is 252 g/mol. The van der Waals surface area contributed by atoms with Gasteiger partial charge in [-0.2, -0.15) is 0 Å². The van der Waals surface area contributed by atoms with E-state index in [4.69, 9.17) is 17.4 Å². The monoisotopic (exact) mass is 274 g/mol. The van der Waals surface area contributed by atoms with Crippen LogP contribution in [-0.4, -0.2) is 0 Å². The summed E-state index contributed by atoms with van der Waals surface area (Å²) in [5.41, 5.74) is 3.27. The van der Waals surface area contributed by atoms with E-state index >= 15 is 0 Å². The number of nitrogens with one attached hydrogen (secondary N) is 1. The van der Waals surface area contributed by atoms with Gasteiger partial charge >= 0.3 is 0 Å². The van der Waals surface area contributed by atoms with Gasteiger partial charge in [0.25, 0.3) is 0 Å². The van der Waals surface area contributed by atoms with Crippen LogP contribution in [0.15, 0.2) is 12.1 Å². The molecule has 2 atom stereocenters. The average molecular weight is 275 g/mol. The number of hydrogen-bond acceptors (Lipinski definition) is 3. The van der Waals surface area contributed by atoms with Crippen molar-refractivity contribution in [3.8, 4) is 0 Å². The molecule has 1 rings (SSSR count). The van der Waals surface area contributed by atoms with Gasteiger partial charge in [-0.05, 0) is 36.3 Å². The van der Waals surface area contributed by atoms with Crippen molar-refractivity contribution in [3.05, 3.63) is 21.3 Å². The Morgan fingerprint density at radius 3 is 2.47 bits per heavy atom. The first-order chi connectivity index (χ1) is 7.81. The van der Waals surface area contributed by atoms with E-state index in [1.165, 1.54) is 11.3 Å². The summed E-state index contributed by atoms with van der Waals surface area (Å²) in [7, 11) is 0. The van der Waals surface area contributed by atoms with Gasteiger partial charge in [-0.15, -0.1) is 11.3 Å². The lowest BCUT2D eigenvalue weighted by Crippen LogP contribution is -2.29. The Bertz CT molecular complexity index is 343. The SMILES string of the molecule is CC(CC(NN)c1ccc(Cl)s1)CC(C)(C)C. The standard InChI is InChI=1S/C13H23ClN2S/c1-9(8-13(2,3)4)7-10(16-15)11-5-6-12(14)17-11/h5-6,9-10,16H,7-8,15H2,1-4H3. The number of halogens is 1. The van der Waals surface area contributed by atoms with E-state index in [0.717, 1.165) is 10.8 Å². The Kier molecular flexibility index (Phi) is 5.45. The van der Waals surface area contributed by atoms with Gasteiger partial charge in [0.15, 0.2) is 0 Å². The van der Waals surface area contributed by atoms with E-state index in [-0.39, 0.29) is 6.04 Å². The maximum Gasteiger partial charge on any atom is 0.0931 e. The topological polar surface area (TPSA) is 38.0 Å². The molecular formula is C13H23ClN2S. The molecule has 0 saturated carbocycles. The van der Waals surface area contributed by atoms with Crippen molar-refractivity contribution in [2.45, 2.75) is 46.6 Å². The van der Waals surface area contributed by atoms with E-state index in [9.17, 15) is 0 Å². The minimum Gasteiger partial charge on any atom is -0.271 e. The lowest BCUT2D eigenvalue weighted by molar-refractivity contribution is 0.277. The van der Waals surface area contributed by atoms with Crippen molar-refractivity contribution < 1.29 is 0 Å². The van der Waals surface area contributed by atoms with Crippen LogP contribution in [0.4, 0.5) is 0 Å². The highest BCUT2D eigenvalue weighted by molar-refractivity contribution is 7.16. The number of thiophene rings is 1. The lowest BCUT2D eigenvalue weighted by Gasteiger charge is -2.26. The van der Waals surface area contributed by atoms with Crippen molar-refractivity contribution in [1.29, 1.82) is 0 Å². The Labute approximate surface area is 114 Å². The smallest absolute Gasteiger partial charge is 0.0931 e. The first-order valence-corrected chi connectivity index (χ1v) is 7.22. The maximum absolute atomic E-state index is 5.95.